The van der Waals surface area contributed by atoms with Gasteiger partial charge in [-0.25, -0.2) is 4.79 Å². The highest BCUT2D eigenvalue weighted by molar-refractivity contribution is 6.34. The molecule has 4 aromatic rings. The SMILES string of the molecule is Cc1cc(=O)oc2cc(-c3ccccc3)c(Cl)cc12.O=C1CC(O)(C(F)(F)F)c2cc(Cl)ccc2O1. The first kappa shape index (κ1) is 25.8. The molecule has 0 bridgehead atoms. The van der Waals surface area contributed by atoms with Gasteiger partial charge in [-0.15, -0.1) is 0 Å². The third kappa shape index (κ3) is 4.97. The van der Waals surface area contributed by atoms with Crippen LogP contribution < -0.4 is 10.4 Å². The summed E-state index contributed by atoms with van der Waals surface area (Å²) in [5.74, 6) is -1.47. The van der Waals surface area contributed by atoms with E-state index in [-0.39, 0.29) is 16.4 Å². The molecule has 5 nitrogen and oxygen atoms in total. The summed E-state index contributed by atoms with van der Waals surface area (Å²) in [7, 11) is 0. The smallest absolute Gasteiger partial charge is 0.422 e. The molecule has 0 saturated heterocycles. The Morgan fingerprint density at radius 1 is 0.972 bits per heavy atom. The maximum absolute atomic E-state index is 12.8. The highest BCUT2D eigenvalue weighted by Gasteiger charge is 2.59. The van der Waals surface area contributed by atoms with Crippen LogP contribution in [0.5, 0.6) is 5.75 Å². The van der Waals surface area contributed by atoms with Gasteiger partial charge in [-0.2, -0.15) is 13.2 Å². The van der Waals surface area contributed by atoms with Crippen molar-refractivity contribution in [1.82, 2.24) is 0 Å². The molecule has 1 unspecified atom stereocenters. The molecule has 2 heterocycles. The van der Waals surface area contributed by atoms with Crippen LogP contribution in [0, 0.1) is 6.92 Å². The molecule has 5 rings (SSSR count). The van der Waals surface area contributed by atoms with Crippen LogP contribution in [0.4, 0.5) is 13.2 Å². The lowest BCUT2D eigenvalue weighted by atomic mass is 9.87. The normalized spacial score (nSPS) is 17.1. The number of aliphatic hydroxyl groups is 1. The molecule has 1 atom stereocenters. The third-order valence-electron chi connectivity index (χ3n) is 5.60. The Bertz CT molecular complexity index is 1520. The van der Waals surface area contributed by atoms with Crippen molar-refractivity contribution < 1.29 is 32.2 Å². The maximum Gasteiger partial charge on any atom is 0.422 e. The van der Waals surface area contributed by atoms with Gasteiger partial charge in [0.05, 0.1) is 6.42 Å². The topological polar surface area (TPSA) is 76.7 Å². The van der Waals surface area contributed by atoms with E-state index in [1.807, 2.05) is 49.4 Å². The number of aryl methyl sites for hydroxylation is 1. The largest absolute Gasteiger partial charge is 0.426 e. The molecule has 0 spiro atoms. The second kappa shape index (κ2) is 9.61. The van der Waals surface area contributed by atoms with Gasteiger partial charge in [-0.05, 0) is 48.4 Å². The Morgan fingerprint density at radius 3 is 2.33 bits per heavy atom. The standard InChI is InChI=1S/C16H11ClO2.C10H6ClF3O3/c1-10-7-16(18)19-15-9-13(14(17)8-12(10)15)11-5-3-2-4-6-11;11-5-1-2-7-6(3-5)9(16,10(12,13)14)4-8(15)17-7/h2-9H,1H3;1-3,16H,4H2. The van der Waals surface area contributed by atoms with Gasteiger partial charge in [-0.3, -0.25) is 4.79 Å². The zero-order chi connectivity index (χ0) is 26.3. The predicted molar refractivity (Wildman–Crippen MR) is 129 cm³/mol. The van der Waals surface area contributed by atoms with E-state index in [2.05, 4.69) is 4.74 Å². The molecule has 0 amide bonds. The van der Waals surface area contributed by atoms with E-state index in [0.29, 0.717) is 10.6 Å². The van der Waals surface area contributed by atoms with E-state index >= 15 is 0 Å². The van der Waals surface area contributed by atoms with Gasteiger partial charge >= 0.3 is 17.8 Å². The Morgan fingerprint density at radius 2 is 1.67 bits per heavy atom. The number of rotatable bonds is 1. The molecule has 36 heavy (non-hydrogen) atoms. The average Bonchev–Trinajstić information content (AvgIpc) is 2.80. The fraction of sp³-hybridized carbons (Fsp3) is 0.154. The minimum absolute atomic E-state index is 0.0179. The van der Waals surface area contributed by atoms with Crippen LogP contribution in [0.15, 0.2) is 75.9 Å². The molecule has 0 fully saturated rings. The molecule has 1 N–H and O–H groups in total. The lowest BCUT2D eigenvalue weighted by molar-refractivity contribution is -0.271. The number of carbonyl (C=O) groups excluding carboxylic acids is 1. The summed E-state index contributed by atoms with van der Waals surface area (Å²) in [5.41, 5.74) is -0.839. The van der Waals surface area contributed by atoms with Crippen molar-refractivity contribution in [1.29, 1.82) is 0 Å². The summed E-state index contributed by atoms with van der Waals surface area (Å²) in [6.07, 6.45) is -6.16. The number of halogens is 5. The Balaban J connectivity index is 0.000000170. The molecule has 0 radical (unpaired) electrons. The number of alkyl halides is 3. The van der Waals surface area contributed by atoms with Crippen LogP contribution in [0.25, 0.3) is 22.1 Å². The lowest BCUT2D eigenvalue weighted by Crippen LogP contribution is -2.47. The van der Waals surface area contributed by atoms with Crippen LogP contribution in [0.3, 0.4) is 0 Å². The van der Waals surface area contributed by atoms with Crippen LogP contribution >= 0.6 is 23.2 Å². The Kier molecular flexibility index (Phi) is 6.88. The third-order valence-corrected chi connectivity index (χ3v) is 6.15. The summed E-state index contributed by atoms with van der Waals surface area (Å²) in [6.45, 7) is 1.87. The van der Waals surface area contributed by atoms with Gasteiger partial charge in [0.1, 0.15) is 11.3 Å². The first-order chi connectivity index (χ1) is 16.9. The van der Waals surface area contributed by atoms with Gasteiger partial charge < -0.3 is 14.3 Å². The van der Waals surface area contributed by atoms with E-state index in [9.17, 15) is 27.9 Å². The van der Waals surface area contributed by atoms with Crippen LogP contribution in [0.2, 0.25) is 10.0 Å². The fourth-order valence-corrected chi connectivity index (χ4v) is 4.25. The van der Waals surface area contributed by atoms with Gasteiger partial charge in [0, 0.05) is 32.6 Å². The van der Waals surface area contributed by atoms with Gasteiger partial charge in [0.25, 0.3) is 0 Å². The molecule has 0 aliphatic carbocycles. The van der Waals surface area contributed by atoms with Gasteiger partial charge in [0.2, 0.25) is 0 Å². The van der Waals surface area contributed by atoms with E-state index in [4.69, 9.17) is 27.6 Å². The average molecular weight is 537 g/mol. The maximum atomic E-state index is 12.8. The second-order valence-electron chi connectivity index (χ2n) is 8.09. The molecule has 10 heteroatoms. The van der Waals surface area contributed by atoms with Crippen molar-refractivity contribution >= 4 is 40.1 Å². The summed E-state index contributed by atoms with van der Waals surface area (Å²) in [4.78, 5) is 22.5. The van der Waals surface area contributed by atoms with Gasteiger partial charge in [-0.1, -0.05) is 53.5 Å². The van der Waals surface area contributed by atoms with Gasteiger partial charge in [0.15, 0.2) is 5.60 Å². The summed E-state index contributed by atoms with van der Waals surface area (Å²) >= 11 is 11.9. The summed E-state index contributed by atoms with van der Waals surface area (Å²) in [5, 5.41) is 11.2. The van der Waals surface area contributed by atoms with E-state index < -0.39 is 29.7 Å². The van der Waals surface area contributed by atoms with Crippen LogP contribution in [0.1, 0.15) is 17.5 Å². The monoisotopic (exact) mass is 536 g/mol. The minimum atomic E-state index is -4.98. The number of hydrogen-bond donors (Lipinski definition) is 1. The fourth-order valence-electron chi connectivity index (χ4n) is 3.81. The summed E-state index contributed by atoms with van der Waals surface area (Å²) < 4.78 is 48.3. The second-order valence-corrected chi connectivity index (χ2v) is 8.94. The molecular weight excluding hydrogens is 520 g/mol. The van der Waals surface area contributed by atoms with E-state index in [0.717, 1.165) is 34.2 Å². The first-order valence-corrected chi connectivity index (χ1v) is 11.2. The highest BCUT2D eigenvalue weighted by atomic mass is 35.5. The van der Waals surface area contributed by atoms with Crippen molar-refractivity contribution in [3.63, 3.8) is 0 Å². The molecule has 3 aromatic carbocycles. The number of hydrogen-bond acceptors (Lipinski definition) is 5. The number of benzene rings is 3. The zero-order valence-electron chi connectivity index (χ0n) is 18.5. The number of esters is 1. The van der Waals surface area contributed by atoms with Crippen molar-refractivity contribution in [2.24, 2.45) is 0 Å². The highest BCUT2D eigenvalue weighted by Crippen LogP contribution is 2.48. The Labute approximate surface area is 212 Å². The van der Waals surface area contributed by atoms with Crippen molar-refractivity contribution in [2.45, 2.75) is 25.1 Å². The lowest BCUT2D eigenvalue weighted by Gasteiger charge is -2.34. The van der Waals surface area contributed by atoms with E-state index in [1.54, 1.807) is 0 Å². The molecule has 0 saturated carbocycles. The number of ether oxygens (including phenoxy) is 1. The van der Waals surface area contributed by atoms with Crippen molar-refractivity contribution in [3.05, 3.63) is 98.3 Å². The predicted octanol–water partition coefficient (Wildman–Crippen LogP) is 6.82. The Hall–Kier alpha value is -3.33. The summed E-state index contributed by atoms with van der Waals surface area (Å²) in [6, 6.07) is 18.3. The number of carbonyl (C=O) groups is 1. The number of fused-ring (bicyclic) bond motifs is 2. The molecule has 186 valence electrons. The zero-order valence-corrected chi connectivity index (χ0v) is 20.0. The molecular formula is C26H17Cl2F3O5. The van der Waals surface area contributed by atoms with Crippen molar-refractivity contribution in [2.75, 3.05) is 0 Å². The quantitative estimate of drug-likeness (QED) is 0.164. The van der Waals surface area contributed by atoms with E-state index in [1.165, 1.54) is 12.1 Å². The molecule has 1 aliphatic rings. The first-order valence-electron chi connectivity index (χ1n) is 10.5. The van der Waals surface area contributed by atoms with Crippen LogP contribution in [-0.4, -0.2) is 17.3 Å². The molecule has 1 aliphatic heterocycles. The minimum Gasteiger partial charge on any atom is -0.426 e. The van der Waals surface area contributed by atoms with Crippen molar-refractivity contribution in [3.8, 4) is 16.9 Å². The van der Waals surface area contributed by atoms with Crippen LogP contribution in [-0.2, 0) is 10.4 Å². The molecule has 1 aromatic heterocycles.